The zero-order valence-corrected chi connectivity index (χ0v) is 13.9. The maximum absolute atomic E-state index is 11.0. The van der Waals surface area contributed by atoms with Crippen LogP contribution in [0.4, 0.5) is 0 Å². The van der Waals surface area contributed by atoms with Crippen molar-refractivity contribution in [3.8, 4) is 0 Å². The van der Waals surface area contributed by atoms with Crippen LogP contribution in [0.2, 0.25) is 0 Å². The molecule has 0 aromatic carbocycles. The van der Waals surface area contributed by atoms with Gasteiger partial charge >= 0.3 is 0 Å². The summed E-state index contributed by atoms with van der Waals surface area (Å²) in [5.74, 6) is 2.62. The first kappa shape index (κ1) is 16.5. The predicted octanol–water partition coefficient (Wildman–Crippen LogP) is 0.669. The lowest BCUT2D eigenvalue weighted by Gasteiger charge is -2.33. The molecule has 6 nitrogen and oxygen atoms in total. The Bertz CT molecular complexity index is 464. The summed E-state index contributed by atoms with van der Waals surface area (Å²) in [6.07, 6.45) is 9.15. The van der Waals surface area contributed by atoms with Crippen LogP contribution >= 0.6 is 0 Å². The SMILES string of the molecule is CN=C(NCCNS(C)(=O)=O)NC1CCC2CCCC2C1. The number of aliphatic imine (C=N–C) groups is 1. The summed E-state index contributed by atoms with van der Waals surface area (Å²) in [6.45, 7) is 0.903. The van der Waals surface area contributed by atoms with E-state index in [1.165, 1.54) is 44.8 Å². The zero-order valence-electron chi connectivity index (χ0n) is 13.1. The first-order chi connectivity index (χ1) is 9.98. The number of nitrogens with zero attached hydrogens (tertiary/aromatic N) is 1. The second-order valence-electron chi connectivity index (χ2n) is 6.27. The summed E-state index contributed by atoms with van der Waals surface area (Å²) >= 11 is 0. The van der Waals surface area contributed by atoms with Gasteiger partial charge in [-0.3, -0.25) is 4.99 Å². The van der Waals surface area contributed by atoms with Gasteiger partial charge in [-0.1, -0.05) is 19.3 Å². The molecule has 0 radical (unpaired) electrons. The minimum atomic E-state index is -3.12. The summed E-state index contributed by atoms with van der Waals surface area (Å²) in [6, 6.07) is 0.499. The van der Waals surface area contributed by atoms with Gasteiger partial charge in [-0.25, -0.2) is 13.1 Å². The highest BCUT2D eigenvalue weighted by Crippen LogP contribution is 2.41. The molecule has 3 atom stereocenters. The third kappa shape index (κ3) is 5.47. The van der Waals surface area contributed by atoms with E-state index >= 15 is 0 Å². The van der Waals surface area contributed by atoms with E-state index in [4.69, 9.17) is 0 Å². The Morgan fingerprint density at radius 1 is 1.14 bits per heavy atom. The molecule has 2 rings (SSSR count). The summed E-state index contributed by atoms with van der Waals surface area (Å²) in [5, 5.41) is 6.64. The van der Waals surface area contributed by atoms with Crippen molar-refractivity contribution in [1.82, 2.24) is 15.4 Å². The van der Waals surface area contributed by atoms with Crippen molar-refractivity contribution in [2.75, 3.05) is 26.4 Å². The molecule has 2 fully saturated rings. The molecule has 3 unspecified atom stereocenters. The van der Waals surface area contributed by atoms with Gasteiger partial charge in [0.1, 0.15) is 0 Å². The van der Waals surface area contributed by atoms with E-state index in [-0.39, 0.29) is 0 Å². The topological polar surface area (TPSA) is 82.6 Å². The molecule has 0 saturated heterocycles. The van der Waals surface area contributed by atoms with Crippen LogP contribution in [0.15, 0.2) is 4.99 Å². The molecule has 2 aliphatic carbocycles. The van der Waals surface area contributed by atoms with Crippen molar-refractivity contribution in [1.29, 1.82) is 0 Å². The smallest absolute Gasteiger partial charge is 0.208 e. The molecule has 3 N–H and O–H groups in total. The minimum absolute atomic E-state index is 0.370. The van der Waals surface area contributed by atoms with Gasteiger partial charge in [-0.05, 0) is 31.1 Å². The van der Waals surface area contributed by atoms with Crippen LogP contribution in [-0.2, 0) is 10.0 Å². The van der Waals surface area contributed by atoms with Gasteiger partial charge in [0, 0.05) is 26.2 Å². The molecule has 0 aromatic heterocycles. The van der Waals surface area contributed by atoms with Gasteiger partial charge in [-0.15, -0.1) is 0 Å². The van der Waals surface area contributed by atoms with Gasteiger partial charge in [-0.2, -0.15) is 0 Å². The van der Waals surface area contributed by atoms with Crippen molar-refractivity contribution in [3.63, 3.8) is 0 Å². The fraction of sp³-hybridized carbons (Fsp3) is 0.929. The van der Waals surface area contributed by atoms with E-state index in [1.54, 1.807) is 7.05 Å². The third-order valence-corrected chi connectivity index (χ3v) is 5.36. The van der Waals surface area contributed by atoms with Crippen molar-refractivity contribution in [3.05, 3.63) is 0 Å². The number of hydrogen-bond acceptors (Lipinski definition) is 3. The van der Waals surface area contributed by atoms with Gasteiger partial charge in [0.05, 0.1) is 6.26 Å². The molecule has 2 saturated carbocycles. The lowest BCUT2D eigenvalue weighted by atomic mass is 9.79. The highest BCUT2D eigenvalue weighted by molar-refractivity contribution is 7.88. The molecule has 122 valence electrons. The van der Waals surface area contributed by atoms with E-state index in [0.717, 1.165) is 17.8 Å². The van der Waals surface area contributed by atoms with E-state index in [9.17, 15) is 8.42 Å². The quantitative estimate of drug-likeness (QED) is 0.395. The van der Waals surface area contributed by atoms with Crippen molar-refractivity contribution < 1.29 is 8.42 Å². The Labute approximate surface area is 128 Å². The van der Waals surface area contributed by atoms with E-state index < -0.39 is 10.0 Å². The predicted molar refractivity (Wildman–Crippen MR) is 85.8 cm³/mol. The number of hydrogen-bond donors (Lipinski definition) is 3. The lowest BCUT2D eigenvalue weighted by molar-refractivity contribution is 0.239. The van der Waals surface area contributed by atoms with Crippen LogP contribution in [0.3, 0.4) is 0 Å². The number of fused-ring (bicyclic) bond motifs is 1. The molecule has 2 aliphatic rings. The molecule has 0 aliphatic heterocycles. The van der Waals surface area contributed by atoms with Gasteiger partial charge in [0.2, 0.25) is 10.0 Å². The number of guanidine groups is 1. The Balaban J connectivity index is 1.70. The summed E-state index contributed by atoms with van der Waals surface area (Å²) in [4.78, 5) is 4.22. The van der Waals surface area contributed by atoms with Gasteiger partial charge < -0.3 is 10.6 Å². The number of nitrogens with one attached hydrogen (secondary N) is 3. The second-order valence-corrected chi connectivity index (χ2v) is 8.10. The molecule has 0 amide bonds. The lowest BCUT2D eigenvalue weighted by Crippen LogP contribution is -2.47. The van der Waals surface area contributed by atoms with Gasteiger partial charge in [0.15, 0.2) is 5.96 Å². The molecule has 0 heterocycles. The first-order valence-corrected chi connectivity index (χ1v) is 9.79. The monoisotopic (exact) mass is 316 g/mol. The van der Waals surface area contributed by atoms with Crippen molar-refractivity contribution in [2.24, 2.45) is 16.8 Å². The van der Waals surface area contributed by atoms with Crippen LogP contribution < -0.4 is 15.4 Å². The molecule has 21 heavy (non-hydrogen) atoms. The summed E-state index contributed by atoms with van der Waals surface area (Å²) in [7, 11) is -1.37. The van der Waals surface area contributed by atoms with Crippen molar-refractivity contribution in [2.45, 2.75) is 44.6 Å². The van der Waals surface area contributed by atoms with Crippen LogP contribution in [0, 0.1) is 11.8 Å². The third-order valence-electron chi connectivity index (χ3n) is 4.64. The number of sulfonamides is 1. The molecule has 7 heteroatoms. The minimum Gasteiger partial charge on any atom is -0.355 e. The maximum Gasteiger partial charge on any atom is 0.208 e. The largest absolute Gasteiger partial charge is 0.355 e. The fourth-order valence-corrected chi connectivity index (χ4v) is 4.11. The summed E-state index contributed by atoms with van der Waals surface area (Å²) in [5.41, 5.74) is 0. The zero-order chi connectivity index (χ0) is 15.3. The highest BCUT2D eigenvalue weighted by Gasteiger charge is 2.33. The normalized spacial score (nSPS) is 30.0. The fourth-order valence-electron chi connectivity index (χ4n) is 3.64. The second kappa shape index (κ2) is 7.45. The first-order valence-electron chi connectivity index (χ1n) is 7.90. The molecular weight excluding hydrogens is 288 g/mol. The van der Waals surface area contributed by atoms with E-state index in [1.807, 2.05) is 0 Å². The Kier molecular flexibility index (Phi) is 5.87. The van der Waals surface area contributed by atoms with E-state index in [0.29, 0.717) is 19.1 Å². The van der Waals surface area contributed by atoms with Crippen molar-refractivity contribution >= 4 is 16.0 Å². The average molecular weight is 316 g/mol. The Morgan fingerprint density at radius 3 is 2.62 bits per heavy atom. The van der Waals surface area contributed by atoms with Crippen LogP contribution in [0.25, 0.3) is 0 Å². The average Bonchev–Trinajstić information content (AvgIpc) is 2.88. The molecule has 0 spiro atoms. The van der Waals surface area contributed by atoms with Crippen LogP contribution in [0.5, 0.6) is 0 Å². The highest BCUT2D eigenvalue weighted by atomic mass is 32.2. The van der Waals surface area contributed by atoms with Gasteiger partial charge in [0.25, 0.3) is 0 Å². The summed E-state index contributed by atoms with van der Waals surface area (Å²) < 4.78 is 24.4. The molecular formula is C14H28N4O2S. The number of rotatable bonds is 5. The Morgan fingerprint density at radius 2 is 1.90 bits per heavy atom. The van der Waals surface area contributed by atoms with E-state index in [2.05, 4.69) is 20.3 Å². The Hall–Kier alpha value is -0.820. The van der Waals surface area contributed by atoms with Crippen LogP contribution in [-0.4, -0.2) is 46.8 Å². The maximum atomic E-state index is 11.0. The molecule has 0 bridgehead atoms. The standard InChI is InChI=1S/C14H28N4O2S/c1-15-14(16-8-9-17-21(2,19)20)18-13-7-6-11-4-3-5-12(11)10-13/h11-13,17H,3-10H2,1-2H3,(H2,15,16,18). The molecule has 0 aromatic rings. The van der Waals surface area contributed by atoms with Crippen LogP contribution in [0.1, 0.15) is 38.5 Å².